The molecular formula is C18H32O4. The third-order valence-corrected chi connectivity index (χ3v) is 4.23. The van der Waals surface area contributed by atoms with E-state index < -0.39 is 0 Å². The first kappa shape index (κ1) is 19.0. The van der Waals surface area contributed by atoms with Gasteiger partial charge in [-0.25, -0.2) is 0 Å². The minimum atomic E-state index is -0.286. The molecule has 0 aromatic carbocycles. The van der Waals surface area contributed by atoms with Gasteiger partial charge in [-0.3, -0.25) is 9.59 Å². The lowest BCUT2D eigenvalue weighted by atomic mass is 9.98. The highest BCUT2D eigenvalue weighted by Crippen LogP contribution is 2.23. The fourth-order valence-electron chi connectivity index (χ4n) is 3.01. The smallest absolute Gasteiger partial charge is 0.306 e. The van der Waals surface area contributed by atoms with E-state index in [0.29, 0.717) is 6.42 Å². The average Bonchev–Trinajstić information content (AvgIpc) is 2.48. The Morgan fingerprint density at radius 2 is 1.82 bits per heavy atom. The Bertz CT molecular complexity index is 327. The van der Waals surface area contributed by atoms with Crippen molar-refractivity contribution in [2.45, 2.75) is 103 Å². The van der Waals surface area contributed by atoms with Crippen LogP contribution in [0, 0.1) is 0 Å². The van der Waals surface area contributed by atoms with Gasteiger partial charge in [-0.2, -0.15) is 0 Å². The summed E-state index contributed by atoms with van der Waals surface area (Å²) in [6.45, 7) is 3.65. The molecule has 2 atom stereocenters. The Labute approximate surface area is 134 Å². The molecule has 1 heterocycles. The highest BCUT2D eigenvalue weighted by atomic mass is 16.6. The van der Waals surface area contributed by atoms with Crippen molar-refractivity contribution in [3.8, 4) is 0 Å². The summed E-state index contributed by atoms with van der Waals surface area (Å²) in [7, 11) is 0. The minimum absolute atomic E-state index is 0.163. The molecule has 1 aliphatic rings. The van der Waals surface area contributed by atoms with Crippen molar-refractivity contribution >= 4 is 11.9 Å². The maximum absolute atomic E-state index is 11.4. The molecule has 0 amide bonds. The molecule has 0 aliphatic carbocycles. The third-order valence-electron chi connectivity index (χ3n) is 4.23. The molecule has 4 nitrogen and oxygen atoms in total. The van der Waals surface area contributed by atoms with E-state index in [1.54, 1.807) is 0 Å². The Hall–Kier alpha value is -1.06. The number of carbonyl (C=O) groups excluding carboxylic acids is 2. The second kappa shape index (κ2) is 11.5. The van der Waals surface area contributed by atoms with Crippen LogP contribution in [0.15, 0.2) is 0 Å². The molecule has 0 unspecified atom stereocenters. The first-order valence-corrected chi connectivity index (χ1v) is 9.00. The summed E-state index contributed by atoms with van der Waals surface area (Å²) in [6, 6.07) is 0. The topological polar surface area (TPSA) is 52.6 Å². The summed E-state index contributed by atoms with van der Waals surface area (Å²) in [5.41, 5.74) is 0. The number of hydrogen-bond acceptors (Lipinski definition) is 4. The van der Waals surface area contributed by atoms with Gasteiger partial charge in [-0.15, -0.1) is 0 Å². The van der Waals surface area contributed by atoms with E-state index in [1.807, 2.05) is 0 Å². The van der Waals surface area contributed by atoms with Crippen LogP contribution in [0.5, 0.6) is 0 Å². The van der Waals surface area contributed by atoms with Crippen molar-refractivity contribution in [1.29, 1.82) is 0 Å². The largest absolute Gasteiger partial charge is 0.459 e. The first-order valence-electron chi connectivity index (χ1n) is 9.00. The zero-order valence-corrected chi connectivity index (χ0v) is 14.3. The van der Waals surface area contributed by atoms with Crippen molar-refractivity contribution < 1.29 is 19.1 Å². The lowest BCUT2D eigenvalue weighted by Crippen LogP contribution is -2.37. The lowest BCUT2D eigenvalue weighted by molar-refractivity contribution is -0.172. The van der Waals surface area contributed by atoms with Gasteiger partial charge in [0.2, 0.25) is 0 Å². The van der Waals surface area contributed by atoms with E-state index in [2.05, 4.69) is 6.92 Å². The SMILES string of the molecule is CCCCCCCCCC[C@H](OC(C)=O)[C@H]1CCCC(=O)O1. The Balaban J connectivity index is 2.21. The molecule has 1 aliphatic heterocycles. The molecule has 22 heavy (non-hydrogen) atoms. The number of ether oxygens (including phenoxy) is 2. The molecule has 0 aromatic heterocycles. The quantitative estimate of drug-likeness (QED) is 0.415. The zero-order chi connectivity index (χ0) is 16.2. The highest BCUT2D eigenvalue weighted by molar-refractivity contribution is 5.70. The maximum atomic E-state index is 11.4. The zero-order valence-electron chi connectivity index (χ0n) is 14.3. The second-order valence-corrected chi connectivity index (χ2v) is 6.33. The number of cyclic esters (lactones) is 1. The molecule has 128 valence electrons. The van der Waals surface area contributed by atoms with Crippen LogP contribution in [0.3, 0.4) is 0 Å². The molecule has 0 N–H and O–H groups in total. The standard InChI is InChI=1S/C18H32O4/c1-3-4-5-6-7-8-9-10-12-16(21-15(2)19)17-13-11-14-18(20)22-17/h16-17H,3-14H2,1-2H3/t16-,17+/m0/s1. The summed E-state index contributed by atoms with van der Waals surface area (Å²) in [5.74, 6) is -0.449. The van der Waals surface area contributed by atoms with Crippen LogP contribution in [0.1, 0.15) is 90.9 Å². The molecule has 0 aromatic rings. The normalized spacial score (nSPS) is 19.5. The predicted octanol–water partition coefficient (Wildman–Crippen LogP) is 4.54. The summed E-state index contributed by atoms with van der Waals surface area (Å²) >= 11 is 0. The van der Waals surface area contributed by atoms with Gasteiger partial charge in [0.1, 0.15) is 12.2 Å². The van der Waals surface area contributed by atoms with Crippen LogP contribution in [0.4, 0.5) is 0 Å². The second-order valence-electron chi connectivity index (χ2n) is 6.33. The Morgan fingerprint density at radius 1 is 1.18 bits per heavy atom. The molecule has 0 radical (unpaired) electrons. The molecule has 0 bridgehead atoms. The van der Waals surface area contributed by atoms with Crippen LogP contribution >= 0.6 is 0 Å². The third kappa shape index (κ3) is 8.40. The summed E-state index contributed by atoms with van der Waals surface area (Å²) in [4.78, 5) is 22.7. The maximum Gasteiger partial charge on any atom is 0.306 e. The molecule has 1 rings (SSSR count). The molecule has 1 saturated heterocycles. The van der Waals surface area contributed by atoms with Crippen molar-refractivity contribution in [3.05, 3.63) is 0 Å². The van der Waals surface area contributed by atoms with Crippen molar-refractivity contribution in [3.63, 3.8) is 0 Å². The fourth-order valence-corrected chi connectivity index (χ4v) is 3.01. The van der Waals surface area contributed by atoms with Gasteiger partial charge in [0.25, 0.3) is 0 Å². The van der Waals surface area contributed by atoms with E-state index in [0.717, 1.165) is 32.1 Å². The van der Waals surface area contributed by atoms with Gasteiger partial charge in [0.15, 0.2) is 0 Å². The van der Waals surface area contributed by atoms with Crippen LogP contribution in [-0.4, -0.2) is 24.1 Å². The molecule has 1 fully saturated rings. The molecule has 0 spiro atoms. The summed E-state index contributed by atoms with van der Waals surface area (Å²) < 4.78 is 10.7. The van der Waals surface area contributed by atoms with Crippen LogP contribution in [0.25, 0.3) is 0 Å². The van der Waals surface area contributed by atoms with Crippen molar-refractivity contribution in [1.82, 2.24) is 0 Å². The molecular weight excluding hydrogens is 280 g/mol. The first-order chi connectivity index (χ1) is 10.6. The lowest BCUT2D eigenvalue weighted by Gasteiger charge is -2.29. The van der Waals surface area contributed by atoms with Gasteiger partial charge in [-0.1, -0.05) is 51.9 Å². The Kier molecular flexibility index (Phi) is 9.93. The molecule has 0 saturated carbocycles. The van der Waals surface area contributed by atoms with Gasteiger partial charge in [0, 0.05) is 13.3 Å². The van der Waals surface area contributed by atoms with Crippen molar-refractivity contribution in [2.75, 3.05) is 0 Å². The number of rotatable bonds is 11. The van der Waals surface area contributed by atoms with Crippen LogP contribution in [-0.2, 0) is 19.1 Å². The summed E-state index contributed by atoms with van der Waals surface area (Å²) in [5, 5.41) is 0. The van der Waals surface area contributed by atoms with E-state index in [4.69, 9.17) is 9.47 Å². The number of unbranched alkanes of at least 4 members (excludes halogenated alkanes) is 7. The Morgan fingerprint density at radius 3 is 2.41 bits per heavy atom. The monoisotopic (exact) mass is 312 g/mol. The number of carbonyl (C=O) groups is 2. The van der Waals surface area contributed by atoms with Crippen LogP contribution in [0.2, 0.25) is 0 Å². The average molecular weight is 312 g/mol. The van der Waals surface area contributed by atoms with Gasteiger partial charge in [-0.05, 0) is 25.7 Å². The van der Waals surface area contributed by atoms with Crippen molar-refractivity contribution in [2.24, 2.45) is 0 Å². The van der Waals surface area contributed by atoms with Crippen LogP contribution < -0.4 is 0 Å². The van der Waals surface area contributed by atoms with E-state index >= 15 is 0 Å². The molecule has 4 heteroatoms. The minimum Gasteiger partial charge on any atom is -0.459 e. The fraction of sp³-hybridized carbons (Fsp3) is 0.889. The highest BCUT2D eigenvalue weighted by Gasteiger charge is 2.30. The van der Waals surface area contributed by atoms with E-state index in [9.17, 15) is 9.59 Å². The predicted molar refractivity (Wildman–Crippen MR) is 86.5 cm³/mol. The number of esters is 2. The summed E-state index contributed by atoms with van der Waals surface area (Å²) in [6.07, 6.45) is 12.4. The van der Waals surface area contributed by atoms with E-state index in [1.165, 1.54) is 45.4 Å². The number of hydrogen-bond donors (Lipinski definition) is 0. The van der Waals surface area contributed by atoms with Gasteiger partial charge in [0.05, 0.1) is 0 Å². The van der Waals surface area contributed by atoms with Gasteiger partial charge >= 0.3 is 11.9 Å². The van der Waals surface area contributed by atoms with E-state index in [-0.39, 0.29) is 24.1 Å². The van der Waals surface area contributed by atoms with Gasteiger partial charge < -0.3 is 9.47 Å².